The Balaban J connectivity index is 2.21. The molecule has 0 saturated heterocycles. The van der Waals surface area contributed by atoms with Crippen molar-refractivity contribution in [3.8, 4) is 10.1 Å². The van der Waals surface area contributed by atoms with Gasteiger partial charge < -0.3 is 0 Å². The van der Waals surface area contributed by atoms with Crippen molar-refractivity contribution in [2.45, 2.75) is 6.92 Å². The van der Waals surface area contributed by atoms with Crippen LogP contribution in [-0.2, 0) is 0 Å². The van der Waals surface area contributed by atoms with Gasteiger partial charge in [0.1, 0.15) is 0 Å². The Morgan fingerprint density at radius 3 is 2.74 bits per heavy atom. The van der Waals surface area contributed by atoms with E-state index in [0.717, 1.165) is 9.82 Å². The van der Waals surface area contributed by atoms with Crippen LogP contribution in [0.25, 0.3) is 19.9 Å². The summed E-state index contributed by atoms with van der Waals surface area (Å²) in [6.45, 7) is 1.83. The summed E-state index contributed by atoms with van der Waals surface area (Å²) >= 11 is -0.105. The van der Waals surface area contributed by atoms with Crippen LogP contribution in [0.15, 0.2) is 30.3 Å². The summed E-state index contributed by atoms with van der Waals surface area (Å²) in [4.78, 5) is 4.34. The Labute approximate surface area is 114 Å². The average molecular weight is 323 g/mol. The molecule has 0 aliphatic rings. The normalized spacial score (nSPS) is 11.1. The summed E-state index contributed by atoms with van der Waals surface area (Å²) < 4.78 is 28.7. The Kier molecular flexibility index (Phi) is 2.88. The molecule has 1 aromatic heterocycles. The topological polar surface area (TPSA) is 38.9 Å². The van der Waals surface area contributed by atoms with E-state index in [1.807, 2.05) is 6.92 Å². The number of rotatable bonds is 1. The van der Waals surface area contributed by atoms with Crippen LogP contribution in [0.4, 0.5) is 14.5 Å². The molecular formula is C14H10F2N2Se. The SMILES string of the molecule is Cc1cc(-c2nc3cc(F)ccc3[se]2)c(F)cc1N. The van der Waals surface area contributed by atoms with Crippen LogP contribution in [0, 0.1) is 18.6 Å². The summed E-state index contributed by atoms with van der Waals surface area (Å²) in [5.74, 6) is -0.703. The minimum atomic E-state index is -0.378. The number of nitrogens with zero attached hydrogens (tertiary/aromatic N) is 1. The Morgan fingerprint density at radius 1 is 1.16 bits per heavy atom. The van der Waals surface area contributed by atoms with Crippen molar-refractivity contribution in [1.82, 2.24) is 4.98 Å². The number of hydrogen-bond acceptors (Lipinski definition) is 2. The van der Waals surface area contributed by atoms with E-state index in [-0.39, 0.29) is 26.1 Å². The van der Waals surface area contributed by atoms with Gasteiger partial charge in [0.25, 0.3) is 0 Å². The second kappa shape index (κ2) is 4.44. The molecular weight excluding hydrogens is 313 g/mol. The molecule has 3 aromatic rings. The predicted molar refractivity (Wildman–Crippen MR) is 73.2 cm³/mol. The molecule has 0 atom stereocenters. The summed E-state index contributed by atoms with van der Waals surface area (Å²) in [5.41, 5.74) is 7.97. The Morgan fingerprint density at radius 2 is 1.95 bits per heavy atom. The second-order valence-corrected chi connectivity index (χ2v) is 6.48. The van der Waals surface area contributed by atoms with Crippen molar-refractivity contribution in [3.05, 3.63) is 47.5 Å². The van der Waals surface area contributed by atoms with Gasteiger partial charge >= 0.3 is 114 Å². The molecule has 2 N–H and O–H groups in total. The van der Waals surface area contributed by atoms with E-state index in [9.17, 15) is 8.78 Å². The quantitative estimate of drug-likeness (QED) is 0.552. The van der Waals surface area contributed by atoms with Crippen molar-refractivity contribution in [1.29, 1.82) is 0 Å². The second-order valence-electron chi connectivity index (χ2n) is 4.32. The number of fused-ring (bicyclic) bond motifs is 1. The third kappa shape index (κ3) is 2.15. The fourth-order valence-electron chi connectivity index (χ4n) is 1.88. The zero-order chi connectivity index (χ0) is 13.6. The molecule has 0 spiro atoms. The number of nitrogen functional groups attached to an aromatic ring is 1. The number of benzene rings is 2. The van der Waals surface area contributed by atoms with E-state index in [0.29, 0.717) is 21.3 Å². The summed E-state index contributed by atoms with van der Waals surface area (Å²) in [6.07, 6.45) is 0. The minimum absolute atomic E-state index is 0.105. The van der Waals surface area contributed by atoms with Gasteiger partial charge in [-0.2, -0.15) is 0 Å². The fourth-order valence-corrected chi connectivity index (χ4v) is 3.90. The molecule has 1 heterocycles. The van der Waals surface area contributed by atoms with Gasteiger partial charge in [-0.1, -0.05) is 0 Å². The molecule has 0 saturated carbocycles. The molecule has 0 aliphatic heterocycles. The maximum atomic E-state index is 14.0. The van der Waals surface area contributed by atoms with Gasteiger partial charge in [0, 0.05) is 0 Å². The zero-order valence-electron chi connectivity index (χ0n) is 10.1. The van der Waals surface area contributed by atoms with Gasteiger partial charge in [-0.25, -0.2) is 0 Å². The van der Waals surface area contributed by atoms with E-state index in [2.05, 4.69) is 4.98 Å². The predicted octanol–water partition coefficient (Wildman–Crippen LogP) is 3.13. The number of aromatic nitrogens is 1. The molecule has 2 nitrogen and oxygen atoms in total. The molecule has 0 bridgehead atoms. The first-order valence-electron chi connectivity index (χ1n) is 5.66. The standard InChI is InChI=1S/C14H10F2N2Se/c1-7-4-9(10(16)6-11(7)17)14-18-12-5-8(15)2-3-13(12)19-14/h2-6H,17H2,1H3. The van der Waals surface area contributed by atoms with E-state index in [4.69, 9.17) is 5.73 Å². The van der Waals surface area contributed by atoms with Crippen molar-refractivity contribution in [3.63, 3.8) is 0 Å². The first kappa shape index (κ1) is 12.3. The van der Waals surface area contributed by atoms with E-state index in [1.165, 1.54) is 18.2 Å². The molecule has 96 valence electrons. The van der Waals surface area contributed by atoms with Crippen LogP contribution in [0.5, 0.6) is 0 Å². The van der Waals surface area contributed by atoms with Gasteiger partial charge in [0.05, 0.1) is 0 Å². The van der Waals surface area contributed by atoms with Crippen LogP contribution < -0.4 is 5.73 Å². The van der Waals surface area contributed by atoms with Crippen LogP contribution in [0.1, 0.15) is 5.56 Å². The summed E-state index contributed by atoms with van der Waals surface area (Å²) in [5, 5.41) is 0. The molecule has 0 aliphatic carbocycles. The molecule has 3 rings (SSSR count). The summed E-state index contributed by atoms with van der Waals surface area (Å²) in [6, 6.07) is 7.51. The molecule has 19 heavy (non-hydrogen) atoms. The van der Waals surface area contributed by atoms with Crippen LogP contribution in [-0.4, -0.2) is 19.5 Å². The summed E-state index contributed by atoms with van der Waals surface area (Å²) in [7, 11) is 0. The van der Waals surface area contributed by atoms with Gasteiger partial charge in [-0.3, -0.25) is 0 Å². The van der Waals surface area contributed by atoms with E-state index >= 15 is 0 Å². The van der Waals surface area contributed by atoms with Gasteiger partial charge in [0.15, 0.2) is 0 Å². The Bertz CT molecular complexity index is 780. The average Bonchev–Trinajstić information content (AvgIpc) is 2.76. The van der Waals surface area contributed by atoms with Gasteiger partial charge in [0.2, 0.25) is 0 Å². The Hall–Kier alpha value is -1.71. The van der Waals surface area contributed by atoms with Gasteiger partial charge in [-0.15, -0.1) is 0 Å². The van der Waals surface area contributed by atoms with E-state index in [1.54, 1.807) is 12.1 Å². The molecule has 0 radical (unpaired) electrons. The van der Waals surface area contributed by atoms with Crippen LogP contribution in [0.3, 0.4) is 0 Å². The fraction of sp³-hybridized carbons (Fsp3) is 0.0714. The number of hydrogen-bond donors (Lipinski definition) is 1. The monoisotopic (exact) mass is 324 g/mol. The molecule has 5 heteroatoms. The van der Waals surface area contributed by atoms with Crippen LogP contribution >= 0.6 is 0 Å². The number of halogens is 2. The van der Waals surface area contributed by atoms with Crippen molar-refractivity contribution in [2.24, 2.45) is 0 Å². The van der Waals surface area contributed by atoms with Crippen molar-refractivity contribution < 1.29 is 8.78 Å². The first-order chi connectivity index (χ1) is 9.04. The third-order valence-electron chi connectivity index (χ3n) is 2.94. The molecule has 2 aromatic carbocycles. The molecule has 0 amide bonds. The van der Waals surface area contributed by atoms with Crippen molar-refractivity contribution in [2.75, 3.05) is 5.73 Å². The number of nitrogens with two attached hydrogens (primary N) is 1. The first-order valence-corrected chi connectivity index (χ1v) is 7.38. The number of aryl methyl sites for hydroxylation is 1. The van der Waals surface area contributed by atoms with Crippen LogP contribution in [0.2, 0.25) is 0 Å². The van der Waals surface area contributed by atoms with E-state index < -0.39 is 0 Å². The third-order valence-corrected chi connectivity index (χ3v) is 5.18. The molecule has 0 unspecified atom stereocenters. The zero-order valence-corrected chi connectivity index (χ0v) is 11.8. The van der Waals surface area contributed by atoms with Gasteiger partial charge in [-0.05, 0) is 0 Å². The molecule has 0 fully saturated rings. The van der Waals surface area contributed by atoms with Crippen molar-refractivity contribution >= 4 is 30.0 Å². The maximum absolute atomic E-state index is 14.0. The number of anilines is 1.